The number of hydrogen-bond donors (Lipinski definition) is 5. The number of alkyl halides is 1. The summed E-state index contributed by atoms with van der Waals surface area (Å²) >= 11 is 0. The van der Waals surface area contributed by atoms with Crippen LogP contribution in [0.1, 0.15) is 39.5 Å². The summed E-state index contributed by atoms with van der Waals surface area (Å²) in [6.07, 6.45) is 2.72. The Kier molecular flexibility index (Phi) is 6.67. The number of fused-ring (bicyclic) bond motifs is 1. The second-order valence-corrected chi connectivity index (χ2v) is 9.57. The van der Waals surface area contributed by atoms with Gasteiger partial charge in [0.25, 0.3) is 0 Å². The van der Waals surface area contributed by atoms with E-state index in [4.69, 9.17) is 10.5 Å². The smallest absolute Gasteiger partial charge is 0.229 e. The Morgan fingerprint density at radius 1 is 1.33 bits per heavy atom. The number of carbonyl (C=O) groups excluding carboxylic acids is 1. The van der Waals surface area contributed by atoms with Gasteiger partial charge in [-0.25, -0.2) is 14.8 Å². The fourth-order valence-electron chi connectivity index (χ4n) is 6.36. The van der Waals surface area contributed by atoms with Gasteiger partial charge in [-0.2, -0.15) is 0 Å². The summed E-state index contributed by atoms with van der Waals surface area (Å²) in [5.74, 6) is 0.775. The molecule has 4 fully saturated rings. The number of carbonyl (C=O) groups is 1. The van der Waals surface area contributed by atoms with E-state index in [-0.39, 0.29) is 42.7 Å². The number of amides is 1. The molecule has 1 aliphatic carbocycles. The number of rotatable bonds is 7. The van der Waals surface area contributed by atoms with Crippen LogP contribution in [0.15, 0.2) is 0 Å². The molecule has 7 unspecified atom stereocenters. The van der Waals surface area contributed by atoms with Crippen LogP contribution in [0.4, 0.5) is 4.39 Å². The molecule has 0 aromatic carbocycles. The first kappa shape index (κ1) is 22.4. The molecule has 0 aromatic heterocycles. The summed E-state index contributed by atoms with van der Waals surface area (Å²) in [7, 11) is 1.83. The van der Waals surface area contributed by atoms with Crippen molar-refractivity contribution in [3.05, 3.63) is 0 Å². The molecule has 7 atom stereocenters. The summed E-state index contributed by atoms with van der Waals surface area (Å²) < 4.78 is 20.0. The van der Waals surface area contributed by atoms with Gasteiger partial charge in [0.15, 0.2) is 0 Å². The molecule has 1 amide bonds. The van der Waals surface area contributed by atoms with Crippen molar-refractivity contribution < 1.29 is 13.9 Å². The summed E-state index contributed by atoms with van der Waals surface area (Å²) in [6, 6.07) is -0.00179. The van der Waals surface area contributed by atoms with Crippen LogP contribution in [0.3, 0.4) is 0 Å². The molecule has 30 heavy (non-hydrogen) atoms. The van der Waals surface area contributed by atoms with Gasteiger partial charge < -0.3 is 21.1 Å². The van der Waals surface area contributed by atoms with Crippen molar-refractivity contribution in [2.24, 2.45) is 29.4 Å². The van der Waals surface area contributed by atoms with Crippen molar-refractivity contribution >= 4 is 5.91 Å². The molecule has 0 spiro atoms. The quantitative estimate of drug-likeness (QED) is 0.388. The molecular formula is C21H39FN6O2. The molecule has 0 aromatic rings. The van der Waals surface area contributed by atoms with Gasteiger partial charge in [-0.3, -0.25) is 10.1 Å². The third-order valence-corrected chi connectivity index (χ3v) is 7.90. The second-order valence-electron chi connectivity index (χ2n) is 9.57. The Morgan fingerprint density at radius 3 is 2.70 bits per heavy atom. The van der Waals surface area contributed by atoms with E-state index in [1.54, 1.807) is 5.01 Å². The van der Waals surface area contributed by atoms with Crippen LogP contribution in [-0.2, 0) is 9.53 Å². The number of nitrogens with one attached hydrogen (secondary N) is 4. The van der Waals surface area contributed by atoms with Crippen molar-refractivity contribution in [3.8, 4) is 0 Å². The van der Waals surface area contributed by atoms with Crippen LogP contribution >= 0.6 is 0 Å². The molecule has 3 saturated heterocycles. The topological polar surface area (TPSA) is 104 Å². The van der Waals surface area contributed by atoms with Crippen LogP contribution in [0, 0.1) is 23.7 Å². The van der Waals surface area contributed by atoms with Gasteiger partial charge in [-0.05, 0) is 24.7 Å². The monoisotopic (exact) mass is 426 g/mol. The number of nitrogens with two attached hydrogens (primary N) is 1. The number of ether oxygens (including phenoxy) is 1. The average Bonchev–Trinajstić information content (AvgIpc) is 3.50. The van der Waals surface area contributed by atoms with E-state index in [1.165, 1.54) is 12.8 Å². The summed E-state index contributed by atoms with van der Waals surface area (Å²) in [5.41, 5.74) is 9.05. The maximum Gasteiger partial charge on any atom is 0.229 e. The Morgan fingerprint density at radius 2 is 2.07 bits per heavy atom. The predicted octanol–water partition coefficient (Wildman–Crippen LogP) is -0.0894. The Labute approximate surface area is 179 Å². The van der Waals surface area contributed by atoms with Gasteiger partial charge in [0, 0.05) is 45.2 Å². The van der Waals surface area contributed by atoms with E-state index in [2.05, 4.69) is 35.2 Å². The molecule has 172 valence electrons. The van der Waals surface area contributed by atoms with Crippen LogP contribution in [-0.4, -0.2) is 74.4 Å². The zero-order chi connectivity index (χ0) is 21.5. The minimum absolute atomic E-state index is 0.00179. The largest absolute Gasteiger partial charge is 0.376 e. The lowest BCUT2D eigenvalue weighted by Gasteiger charge is -2.52. The minimum atomic E-state index is -0.966. The van der Waals surface area contributed by atoms with E-state index >= 15 is 0 Å². The van der Waals surface area contributed by atoms with Gasteiger partial charge in [0.1, 0.15) is 6.17 Å². The highest BCUT2D eigenvalue weighted by atomic mass is 19.1. The molecule has 0 bridgehead atoms. The van der Waals surface area contributed by atoms with Crippen LogP contribution in [0.5, 0.6) is 0 Å². The highest BCUT2D eigenvalue weighted by Crippen LogP contribution is 2.50. The van der Waals surface area contributed by atoms with Crippen LogP contribution in [0.2, 0.25) is 0 Å². The molecule has 6 N–H and O–H groups in total. The Bertz CT molecular complexity index is 618. The first-order valence-corrected chi connectivity index (χ1v) is 11.7. The van der Waals surface area contributed by atoms with Crippen molar-refractivity contribution in [1.82, 2.24) is 26.4 Å². The number of methoxy groups -OCH3 is 1. The molecule has 3 aliphatic heterocycles. The Hall–Kier alpha value is -0.840. The van der Waals surface area contributed by atoms with E-state index < -0.39 is 18.3 Å². The molecule has 4 aliphatic rings. The summed E-state index contributed by atoms with van der Waals surface area (Å²) in [5, 5.41) is 11.8. The molecule has 0 radical (unpaired) electrons. The maximum absolute atomic E-state index is 13.8. The lowest BCUT2D eigenvalue weighted by Crippen LogP contribution is -2.68. The lowest BCUT2D eigenvalue weighted by molar-refractivity contribution is -0.142. The highest BCUT2D eigenvalue weighted by molar-refractivity contribution is 5.81. The number of hydrazine groups is 1. The number of nitrogens with zero attached hydrogens (tertiary/aromatic N) is 1. The minimum Gasteiger partial charge on any atom is -0.376 e. The van der Waals surface area contributed by atoms with E-state index in [0.29, 0.717) is 11.8 Å². The van der Waals surface area contributed by atoms with E-state index in [1.807, 2.05) is 7.11 Å². The third kappa shape index (κ3) is 3.89. The molecule has 9 heteroatoms. The molecule has 4 rings (SSSR count). The molecule has 8 nitrogen and oxygen atoms in total. The second kappa shape index (κ2) is 8.96. The zero-order valence-corrected chi connectivity index (χ0v) is 18.5. The van der Waals surface area contributed by atoms with Gasteiger partial charge in [-0.1, -0.05) is 26.7 Å². The van der Waals surface area contributed by atoms with Crippen LogP contribution in [0.25, 0.3) is 0 Å². The average molecular weight is 427 g/mol. The summed E-state index contributed by atoms with van der Waals surface area (Å²) in [6.45, 7) is 6.51. The van der Waals surface area contributed by atoms with Gasteiger partial charge >= 0.3 is 0 Å². The predicted molar refractivity (Wildman–Crippen MR) is 113 cm³/mol. The first-order chi connectivity index (χ1) is 14.4. The molecule has 1 saturated carbocycles. The normalized spacial score (nSPS) is 42.3. The number of piperidine rings is 1. The van der Waals surface area contributed by atoms with Crippen LogP contribution < -0.4 is 27.1 Å². The number of halogens is 1. The SMILES string of the molecule is CCC(CC)C1(OC)CNCC(NC(=O)C2C(N)NN3CC(F)CNC23)C1C1CC1. The standard InChI is InChI=1S/C21H39FN6O2/c1-4-13(5-2)21(30-3)11-24-9-15(17(21)12-6-7-12)26-20(29)16-18(23)27-28-10-14(22)8-25-19(16)28/h12-19,24-25,27H,4-11,23H2,1-3H3,(H,26,29). The maximum atomic E-state index is 13.8. The fourth-order valence-corrected chi connectivity index (χ4v) is 6.36. The van der Waals surface area contributed by atoms with Gasteiger partial charge in [0.05, 0.1) is 23.9 Å². The highest BCUT2D eigenvalue weighted by Gasteiger charge is 2.56. The summed E-state index contributed by atoms with van der Waals surface area (Å²) in [4.78, 5) is 13.4. The Balaban J connectivity index is 1.52. The van der Waals surface area contributed by atoms with Crippen molar-refractivity contribution in [2.45, 2.75) is 69.7 Å². The van der Waals surface area contributed by atoms with Gasteiger partial charge in [-0.15, -0.1) is 0 Å². The van der Waals surface area contributed by atoms with Crippen molar-refractivity contribution in [3.63, 3.8) is 0 Å². The fraction of sp³-hybridized carbons (Fsp3) is 0.952. The zero-order valence-electron chi connectivity index (χ0n) is 18.5. The lowest BCUT2D eigenvalue weighted by atomic mass is 9.67. The third-order valence-electron chi connectivity index (χ3n) is 7.90. The molecule has 3 heterocycles. The molecular weight excluding hydrogens is 387 g/mol. The van der Waals surface area contributed by atoms with Gasteiger partial charge in [0.2, 0.25) is 5.91 Å². The first-order valence-electron chi connectivity index (χ1n) is 11.7. The van der Waals surface area contributed by atoms with E-state index in [0.717, 1.165) is 25.9 Å². The van der Waals surface area contributed by atoms with Crippen molar-refractivity contribution in [1.29, 1.82) is 0 Å². The van der Waals surface area contributed by atoms with E-state index in [9.17, 15) is 9.18 Å². The van der Waals surface area contributed by atoms with Crippen molar-refractivity contribution in [2.75, 3.05) is 33.3 Å². The number of hydrogen-bond acceptors (Lipinski definition) is 7.